The highest BCUT2D eigenvalue weighted by atomic mass is 35.5. The maximum atomic E-state index is 13.5. The molecule has 0 atom stereocenters. The number of nitrogens with zero attached hydrogens (tertiary/aromatic N) is 5. The molecule has 0 saturated heterocycles. The number of nitrogens with one attached hydrogen (secondary N) is 1. The summed E-state index contributed by atoms with van der Waals surface area (Å²) in [6.07, 6.45) is 9.72. The van der Waals surface area contributed by atoms with Crippen molar-refractivity contribution in [3.05, 3.63) is 72.0 Å². The average molecular weight is 563 g/mol. The first kappa shape index (κ1) is 27.0. The normalized spacial score (nSPS) is 13.4. The molecule has 39 heavy (non-hydrogen) atoms. The van der Waals surface area contributed by atoms with E-state index in [0.29, 0.717) is 35.5 Å². The van der Waals surface area contributed by atoms with Gasteiger partial charge in [-0.15, -0.1) is 11.8 Å². The second kappa shape index (κ2) is 12.5. The zero-order valence-corrected chi connectivity index (χ0v) is 23.6. The molecule has 8 nitrogen and oxygen atoms in total. The Labute approximate surface area is 237 Å². The van der Waals surface area contributed by atoms with Gasteiger partial charge in [0.2, 0.25) is 0 Å². The number of carbonyl (C=O) groups is 1. The number of pyridine rings is 1. The molecule has 2 aromatic heterocycles. The summed E-state index contributed by atoms with van der Waals surface area (Å²) in [4.78, 5) is 25.6. The van der Waals surface area contributed by atoms with Crippen molar-refractivity contribution in [1.29, 1.82) is 0 Å². The van der Waals surface area contributed by atoms with E-state index >= 15 is 0 Å². The van der Waals surface area contributed by atoms with Gasteiger partial charge >= 0.3 is 6.03 Å². The van der Waals surface area contributed by atoms with Crippen LogP contribution in [0.5, 0.6) is 5.75 Å². The predicted molar refractivity (Wildman–Crippen MR) is 156 cm³/mol. The molecule has 0 aliphatic heterocycles. The van der Waals surface area contributed by atoms with E-state index in [1.807, 2.05) is 70.4 Å². The third-order valence-corrected chi connectivity index (χ3v) is 7.94. The lowest BCUT2D eigenvalue weighted by Gasteiger charge is -2.29. The number of urea groups is 1. The van der Waals surface area contributed by atoms with Crippen LogP contribution in [0.15, 0.2) is 71.9 Å². The maximum Gasteiger partial charge on any atom is 0.322 e. The van der Waals surface area contributed by atoms with Crippen molar-refractivity contribution in [2.24, 2.45) is 0 Å². The highest BCUT2D eigenvalue weighted by molar-refractivity contribution is 7.98. The van der Waals surface area contributed by atoms with Gasteiger partial charge in [-0.25, -0.2) is 14.5 Å². The van der Waals surface area contributed by atoms with Crippen LogP contribution in [0.1, 0.15) is 25.7 Å². The molecule has 1 fully saturated rings. The topological polar surface area (TPSA) is 85.2 Å². The smallest absolute Gasteiger partial charge is 0.322 e. The summed E-state index contributed by atoms with van der Waals surface area (Å²) < 4.78 is 7.19. The monoisotopic (exact) mass is 562 g/mol. The number of anilines is 1. The largest absolute Gasteiger partial charge is 0.495 e. The van der Waals surface area contributed by atoms with Crippen LogP contribution >= 0.6 is 23.4 Å². The minimum Gasteiger partial charge on any atom is -0.495 e. The van der Waals surface area contributed by atoms with Crippen LogP contribution in [0.4, 0.5) is 10.5 Å². The van der Waals surface area contributed by atoms with Gasteiger partial charge in [0, 0.05) is 46.7 Å². The zero-order chi connectivity index (χ0) is 27.2. The van der Waals surface area contributed by atoms with E-state index in [1.54, 1.807) is 31.3 Å². The van der Waals surface area contributed by atoms with Gasteiger partial charge in [-0.3, -0.25) is 4.98 Å². The van der Waals surface area contributed by atoms with E-state index < -0.39 is 0 Å². The average Bonchev–Trinajstić information content (AvgIpc) is 3.65. The molecular weight excluding hydrogens is 532 g/mol. The lowest BCUT2D eigenvalue weighted by Crippen LogP contribution is -2.43. The summed E-state index contributed by atoms with van der Waals surface area (Å²) in [7, 11) is 1.59. The Kier molecular flexibility index (Phi) is 8.68. The van der Waals surface area contributed by atoms with E-state index in [4.69, 9.17) is 26.4 Å². The second-order valence-corrected chi connectivity index (χ2v) is 10.6. The predicted octanol–water partition coefficient (Wildman–Crippen LogP) is 6.87. The minimum absolute atomic E-state index is 0.0938. The SMILES string of the molecule is COc1ccc(-c2nc(-c3ccncc3)nn2CCN(C(=O)Nc2cccc(SC)c2)C2CCCC2)cc1Cl. The van der Waals surface area contributed by atoms with Crippen molar-refractivity contribution in [3.63, 3.8) is 0 Å². The van der Waals surface area contributed by atoms with Crippen molar-refractivity contribution in [2.75, 3.05) is 25.2 Å². The Hall–Kier alpha value is -3.56. The summed E-state index contributed by atoms with van der Waals surface area (Å²) in [6, 6.07) is 17.4. The van der Waals surface area contributed by atoms with E-state index in [2.05, 4.69) is 10.3 Å². The van der Waals surface area contributed by atoms with Gasteiger partial charge in [0.1, 0.15) is 5.75 Å². The number of rotatable bonds is 9. The molecule has 1 aliphatic rings. The molecule has 2 aromatic carbocycles. The van der Waals surface area contributed by atoms with Gasteiger partial charge in [-0.2, -0.15) is 5.10 Å². The Morgan fingerprint density at radius 3 is 2.64 bits per heavy atom. The van der Waals surface area contributed by atoms with Crippen molar-refractivity contribution in [3.8, 4) is 28.5 Å². The second-order valence-electron chi connectivity index (χ2n) is 9.36. The molecule has 1 saturated carbocycles. The first-order valence-electron chi connectivity index (χ1n) is 13.0. The van der Waals surface area contributed by atoms with E-state index in [-0.39, 0.29) is 12.1 Å². The number of halogens is 1. The molecule has 2 amide bonds. The highest BCUT2D eigenvalue weighted by Crippen LogP contribution is 2.31. The number of methoxy groups -OCH3 is 1. The van der Waals surface area contributed by atoms with Crippen LogP contribution in [0.2, 0.25) is 5.02 Å². The molecule has 0 radical (unpaired) electrons. The van der Waals surface area contributed by atoms with Gasteiger partial charge in [0.15, 0.2) is 11.6 Å². The molecule has 4 aromatic rings. The van der Waals surface area contributed by atoms with Crippen LogP contribution in [0.3, 0.4) is 0 Å². The Balaban J connectivity index is 1.43. The molecular formula is C29H31ClN6O2S. The fourth-order valence-corrected chi connectivity index (χ4v) is 5.62. The van der Waals surface area contributed by atoms with Gasteiger partial charge < -0.3 is 15.0 Å². The molecule has 1 N–H and O–H groups in total. The number of ether oxygens (including phenoxy) is 1. The quantitative estimate of drug-likeness (QED) is 0.224. The van der Waals surface area contributed by atoms with Gasteiger partial charge in [0.25, 0.3) is 0 Å². The number of benzene rings is 2. The van der Waals surface area contributed by atoms with Gasteiger partial charge in [0.05, 0.1) is 18.7 Å². The van der Waals surface area contributed by atoms with Gasteiger partial charge in [-0.1, -0.05) is 30.5 Å². The van der Waals surface area contributed by atoms with Crippen LogP contribution in [-0.4, -0.2) is 56.6 Å². The minimum atomic E-state index is -0.0938. The number of amides is 2. The van der Waals surface area contributed by atoms with Crippen molar-refractivity contribution < 1.29 is 9.53 Å². The van der Waals surface area contributed by atoms with Crippen molar-refractivity contribution >= 4 is 35.1 Å². The molecule has 1 aliphatic carbocycles. The molecule has 2 heterocycles. The lowest BCUT2D eigenvalue weighted by atomic mass is 10.2. The first-order valence-corrected chi connectivity index (χ1v) is 14.6. The first-order chi connectivity index (χ1) is 19.1. The summed E-state index contributed by atoms with van der Waals surface area (Å²) in [5, 5.41) is 8.45. The summed E-state index contributed by atoms with van der Waals surface area (Å²) in [5.41, 5.74) is 2.48. The van der Waals surface area contributed by atoms with E-state index in [1.165, 1.54) is 0 Å². The Morgan fingerprint density at radius 1 is 1.13 bits per heavy atom. The fraction of sp³-hybridized carbons (Fsp3) is 0.310. The third kappa shape index (κ3) is 6.37. The van der Waals surface area contributed by atoms with Gasteiger partial charge in [-0.05, 0) is 67.6 Å². The lowest BCUT2D eigenvalue weighted by molar-refractivity contribution is 0.184. The molecule has 0 bridgehead atoms. The Morgan fingerprint density at radius 2 is 1.92 bits per heavy atom. The van der Waals surface area contributed by atoms with Crippen molar-refractivity contribution in [1.82, 2.24) is 24.6 Å². The summed E-state index contributed by atoms with van der Waals surface area (Å²) in [6.45, 7) is 0.973. The fourth-order valence-electron chi connectivity index (χ4n) is 4.90. The third-order valence-electron chi connectivity index (χ3n) is 6.92. The van der Waals surface area contributed by atoms with Crippen molar-refractivity contribution in [2.45, 2.75) is 43.2 Å². The number of aromatic nitrogens is 4. The maximum absolute atomic E-state index is 13.5. The molecule has 202 valence electrons. The van der Waals surface area contributed by atoms with E-state index in [0.717, 1.165) is 47.4 Å². The Bertz CT molecular complexity index is 1420. The number of thioether (sulfide) groups is 1. The van der Waals surface area contributed by atoms with Crippen LogP contribution < -0.4 is 10.1 Å². The van der Waals surface area contributed by atoms with Crippen LogP contribution in [0, 0.1) is 0 Å². The summed E-state index contributed by atoms with van der Waals surface area (Å²) in [5.74, 6) is 1.85. The molecule has 10 heteroatoms. The van der Waals surface area contributed by atoms with Crippen LogP contribution in [0.25, 0.3) is 22.8 Å². The highest BCUT2D eigenvalue weighted by Gasteiger charge is 2.27. The number of hydrogen-bond acceptors (Lipinski definition) is 6. The number of carbonyl (C=O) groups excluding carboxylic acids is 1. The van der Waals surface area contributed by atoms with E-state index in [9.17, 15) is 4.79 Å². The number of hydrogen-bond donors (Lipinski definition) is 1. The summed E-state index contributed by atoms with van der Waals surface area (Å²) >= 11 is 8.11. The zero-order valence-electron chi connectivity index (χ0n) is 22.0. The van der Waals surface area contributed by atoms with Crippen LogP contribution in [-0.2, 0) is 6.54 Å². The molecule has 5 rings (SSSR count). The molecule has 0 unspecified atom stereocenters. The molecule has 0 spiro atoms. The standard InChI is InChI=1S/C29H31ClN6O2S/c1-38-26-11-10-21(18-25(26)30)28-33-27(20-12-14-31-15-13-20)34-36(28)17-16-35(23-7-3-4-8-23)29(37)32-22-6-5-9-24(19-22)39-2/h5-6,9-15,18-19,23H,3-4,7-8,16-17H2,1-2H3,(H,32,37).